The van der Waals surface area contributed by atoms with Crippen LogP contribution < -0.4 is 0 Å². The maximum Gasteiger partial charge on any atom is 0.0724 e. The molecule has 0 atom stereocenters. The topological polar surface area (TPSA) is 12.9 Å². The van der Waals surface area contributed by atoms with E-state index in [9.17, 15) is 0 Å². The Bertz CT molecular complexity index is 705. The Kier molecular flexibility index (Phi) is 2.94. The van der Waals surface area contributed by atoms with Crippen molar-refractivity contribution in [3.05, 3.63) is 64.6 Å². The fourth-order valence-electron chi connectivity index (χ4n) is 1.90. The molecule has 0 radical (unpaired) electrons. The molecular weight excluding hydrogens is 265 g/mol. The highest BCUT2D eigenvalue weighted by Crippen LogP contribution is 2.28. The quantitative estimate of drug-likeness (QED) is 0.593. The molecule has 0 fully saturated rings. The van der Waals surface area contributed by atoms with Gasteiger partial charge in [-0.2, -0.15) is 0 Å². The Morgan fingerprint density at radius 3 is 2.33 bits per heavy atom. The van der Waals surface area contributed by atoms with Gasteiger partial charge in [0.05, 0.1) is 16.2 Å². The molecule has 0 aliphatic rings. The molecular formula is C15H9Cl2N. The summed E-state index contributed by atoms with van der Waals surface area (Å²) in [6.07, 6.45) is 0. The maximum atomic E-state index is 6.28. The van der Waals surface area contributed by atoms with Gasteiger partial charge in [-0.15, -0.1) is 0 Å². The first-order valence-electron chi connectivity index (χ1n) is 5.55. The molecule has 3 aromatic rings. The molecule has 0 spiro atoms. The number of benzene rings is 2. The van der Waals surface area contributed by atoms with Crippen molar-refractivity contribution in [2.45, 2.75) is 0 Å². The average molecular weight is 274 g/mol. The molecule has 0 aliphatic carbocycles. The SMILES string of the molecule is Clc1ccc(-c2cc(Cl)c3ccccc3n2)cc1. The summed E-state index contributed by atoms with van der Waals surface area (Å²) in [6, 6.07) is 17.3. The number of nitrogens with zero attached hydrogens (tertiary/aromatic N) is 1. The van der Waals surface area contributed by atoms with Gasteiger partial charge < -0.3 is 0 Å². The number of para-hydroxylation sites is 1. The molecule has 3 heteroatoms. The van der Waals surface area contributed by atoms with Crippen LogP contribution in [0.5, 0.6) is 0 Å². The number of hydrogen-bond acceptors (Lipinski definition) is 1. The summed E-state index contributed by atoms with van der Waals surface area (Å²) in [6.45, 7) is 0. The number of aromatic nitrogens is 1. The van der Waals surface area contributed by atoms with E-state index in [0.717, 1.165) is 22.2 Å². The lowest BCUT2D eigenvalue weighted by Gasteiger charge is -2.05. The Balaban J connectivity index is 2.21. The Morgan fingerprint density at radius 1 is 0.833 bits per heavy atom. The zero-order chi connectivity index (χ0) is 12.5. The van der Waals surface area contributed by atoms with Crippen LogP contribution in [0.3, 0.4) is 0 Å². The van der Waals surface area contributed by atoms with Crippen LogP contribution in [0.25, 0.3) is 22.2 Å². The van der Waals surface area contributed by atoms with E-state index in [2.05, 4.69) is 4.98 Å². The molecule has 0 saturated carbocycles. The Hall–Kier alpha value is -1.57. The van der Waals surface area contributed by atoms with E-state index in [4.69, 9.17) is 23.2 Å². The van der Waals surface area contributed by atoms with Gasteiger partial charge in [-0.1, -0.05) is 53.5 Å². The Labute approximate surface area is 115 Å². The van der Waals surface area contributed by atoms with Gasteiger partial charge in [0, 0.05) is 16.0 Å². The molecule has 0 bridgehead atoms. The van der Waals surface area contributed by atoms with E-state index in [1.54, 1.807) is 0 Å². The van der Waals surface area contributed by atoms with Crippen LogP contribution in [0, 0.1) is 0 Å². The van der Waals surface area contributed by atoms with Crippen molar-refractivity contribution < 1.29 is 0 Å². The van der Waals surface area contributed by atoms with Crippen LogP contribution in [0.1, 0.15) is 0 Å². The first kappa shape index (κ1) is 11.5. The monoisotopic (exact) mass is 273 g/mol. The predicted octanol–water partition coefficient (Wildman–Crippen LogP) is 5.21. The number of rotatable bonds is 1. The second-order valence-electron chi connectivity index (χ2n) is 4.01. The molecule has 0 aliphatic heterocycles. The van der Waals surface area contributed by atoms with Crippen molar-refractivity contribution in [1.82, 2.24) is 4.98 Å². The van der Waals surface area contributed by atoms with Crippen molar-refractivity contribution in [3.63, 3.8) is 0 Å². The molecule has 18 heavy (non-hydrogen) atoms. The minimum atomic E-state index is 0.713. The zero-order valence-corrected chi connectivity index (χ0v) is 10.9. The Morgan fingerprint density at radius 2 is 1.56 bits per heavy atom. The lowest BCUT2D eigenvalue weighted by Crippen LogP contribution is -1.86. The maximum absolute atomic E-state index is 6.28. The minimum Gasteiger partial charge on any atom is -0.248 e. The normalized spacial score (nSPS) is 10.8. The van der Waals surface area contributed by atoms with Gasteiger partial charge in [0.15, 0.2) is 0 Å². The molecule has 1 aromatic heterocycles. The van der Waals surface area contributed by atoms with E-state index >= 15 is 0 Å². The summed E-state index contributed by atoms with van der Waals surface area (Å²) < 4.78 is 0. The average Bonchev–Trinajstić information content (AvgIpc) is 2.39. The van der Waals surface area contributed by atoms with Crippen molar-refractivity contribution in [2.75, 3.05) is 0 Å². The molecule has 1 nitrogen and oxygen atoms in total. The standard InChI is InChI=1S/C15H9Cl2N/c16-11-7-5-10(6-8-11)15-9-13(17)12-3-1-2-4-14(12)18-15/h1-9H. The van der Waals surface area contributed by atoms with Gasteiger partial charge >= 0.3 is 0 Å². The van der Waals surface area contributed by atoms with Gasteiger partial charge in [0.1, 0.15) is 0 Å². The van der Waals surface area contributed by atoms with E-state index in [0.29, 0.717) is 10.0 Å². The van der Waals surface area contributed by atoms with Crippen LogP contribution in [-0.2, 0) is 0 Å². The van der Waals surface area contributed by atoms with Crippen molar-refractivity contribution in [3.8, 4) is 11.3 Å². The fraction of sp³-hybridized carbons (Fsp3) is 0. The molecule has 0 unspecified atom stereocenters. The van der Waals surface area contributed by atoms with Gasteiger partial charge in [0.25, 0.3) is 0 Å². The second kappa shape index (κ2) is 4.60. The van der Waals surface area contributed by atoms with Crippen molar-refractivity contribution in [1.29, 1.82) is 0 Å². The van der Waals surface area contributed by atoms with Gasteiger partial charge in [-0.3, -0.25) is 0 Å². The summed E-state index contributed by atoms with van der Waals surface area (Å²) >= 11 is 12.2. The highest BCUT2D eigenvalue weighted by molar-refractivity contribution is 6.35. The third-order valence-corrected chi connectivity index (χ3v) is 3.37. The van der Waals surface area contributed by atoms with Crippen LogP contribution in [0.15, 0.2) is 54.6 Å². The number of fused-ring (bicyclic) bond motifs is 1. The molecule has 88 valence electrons. The molecule has 0 amide bonds. The zero-order valence-electron chi connectivity index (χ0n) is 9.40. The molecule has 1 heterocycles. The van der Waals surface area contributed by atoms with E-state index in [1.165, 1.54) is 0 Å². The van der Waals surface area contributed by atoms with Crippen LogP contribution >= 0.6 is 23.2 Å². The first-order chi connectivity index (χ1) is 8.74. The highest BCUT2D eigenvalue weighted by Gasteiger charge is 2.05. The van der Waals surface area contributed by atoms with Gasteiger partial charge in [0.2, 0.25) is 0 Å². The van der Waals surface area contributed by atoms with Crippen molar-refractivity contribution >= 4 is 34.1 Å². The molecule has 0 saturated heterocycles. The number of pyridine rings is 1. The summed E-state index contributed by atoms with van der Waals surface area (Å²) in [5.74, 6) is 0. The van der Waals surface area contributed by atoms with E-state index in [-0.39, 0.29) is 0 Å². The summed E-state index contributed by atoms with van der Waals surface area (Å²) in [4.78, 5) is 4.61. The molecule has 2 aromatic carbocycles. The van der Waals surface area contributed by atoms with E-state index < -0.39 is 0 Å². The smallest absolute Gasteiger partial charge is 0.0724 e. The third-order valence-electron chi connectivity index (χ3n) is 2.81. The minimum absolute atomic E-state index is 0.713. The molecule has 3 rings (SSSR count). The molecule has 0 N–H and O–H groups in total. The van der Waals surface area contributed by atoms with Crippen LogP contribution in [0.4, 0.5) is 0 Å². The predicted molar refractivity (Wildman–Crippen MR) is 77.2 cm³/mol. The largest absolute Gasteiger partial charge is 0.248 e. The second-order valence-corrected chi connectivity index (χ2v) is 4.86. The summed E-state index contributed by atoms with van der Waals surface area (Å²) in [5.41, 5.74) is 2.76. The fourth-order valence-corrected chi connectivity index (χ4v) is 2.29. The number of halogens is 2. The summed E-state index contributed by atoms with van der Waals surface area (Å²) in [7, 11) is 0. The number of hydrogen-bond donors (Lipinski definition) is 0. The van der Waals surface area contributed by atoms with Crippen LogP contribution in [0.2, 0.25) is 10.0 Å². The summed E-state index contributed by atoms with van der Waals surface area (Å²) in [5, 5.41) is 2.40. The van der Waals surface area contributed by atoms with Crippen LogP contribution in [-0.4, -0.2) is 4.98 Å². The first-order valence-corrected chi connectivity index (χ1v) is 6.31. The van der Waals surface area contributed by atoms with E-state index in [1.807, 2.05) is 54.6 Å². The lowest BCUT2D eigenvalue weighted by atomic mass is 10.1. The van der Waals surface area contributed by atoms with Gasteiger partial charge in [-0.05, 0) is 24.3 Å². The lowest BCUT2D eigenvalue weighted by molar-refractivity contribution is 1.40. The van der Waals surface area contributed by atoms with Gasteiger partial charge in [-0.25, -0.2) is 4.98 Å². The third kappa shape index (κ3) is 2.07. The van der Waals surface area contributed by atoms with Crippen molar-refractivity contribution in [2.24, 2.45) is 0 Å². The highest BCUT2D eigenvalue weighted by atomic mass is 35.5.